The number of benzene rings is 2. The average molecular weight is 366 g/mol. The normalized spacial score (nSPS) is 17.5. The van der Waals surface area contributed by atoms with Crippen LogP contribution in [0.4, 0.5) is 0 Å². The molecule has 0 fully saturated rings. The van der Waals surface area contributed by atoms with Crippen molar-refractivity contribution in [2.45, 2.75) is 12.5 Å². The summed E-state index contributed by atoms with van der Waals surface area (Å²) in [6.07, 6.45) is 2.16. The Morgan fingerprint density at radius 1 is 1.26 bits per heavy atom. The van der Waals surface area contributed by atoms with Crippen LogP contribution in [0.1, 0.15) is 23.6 Å². The number of carbonyl (C=O) groups is 1. The fraction of sp³-hybridized carbons (Fsp3) is 0.211. The molecule has 1 heterocycles. The van der Waals surface area contributed by atoms with Crippen LogP contribution in [0.25, 0.3) is 0 Å². The molecule has 0 spiro atoms. The minimum atomic E-state index is -1.06. The fourth-order valence-corrected chi connectivity index (χ4v) is 2.50. The number of aliphatic carboxylic acids is 1. The Balaban J connectivity index is 1.63. The second-order valence-electron chi connectivity index (χ2n) is 5.70. The molecule has 1 unspecified atom stereocenters. The lowest BCUT2D eigenvalue weighted by atomic mass is 10.1. The Kier molecular flexibility index (Phi) is 5.88. The van der Waals surface area contributed by atoms with E-state index in [4.69, 9.17) is 14.6 Å². The van der Waals surface area contributed by atoms with Crippen LogP contribution < -0.4 is 9.47 Å². The molecule has 2 aromatic rings. The van der Waals surface area contributed by atoms with E-state index in [9.17, 15) is 4.79 Å². The SMILES string of the molecule is COc1cc(C=NN=C2CC(c3ccccc3)N=N2)ccc1OCC(=O)O. The molecule has 0 bridgehead atoms. The number of methoxy groups -OCH3 is 1. The van der Waals surface area contributed by atoms with Gasteiger partial charge in [0, 0.05) is 6.42 Å². The van der Waals surface area contributed by atoms with Crippen molar-refractivity contribution in [1.82, 2.24) is 0 Å². The summed E-state index contributed by atoms with van der Waals surface area (Å²) in [5, 5.41) is 25.1. The predicted molar refractivity (Wildman–Crippen MR) is 99.8 cm³/mol. The van der Waals surface area contributed by atoms with Crippen molar-refractivity contribution in [1.29, 1.82) is 0 Å². The van der Waals surface area contributed by atoms with Crippen molar-refractivity contribution >= 4 is 18.0 Å². The summed E-state index contributed by atoms with van der Waals surface area (Å²) in [6, 6.07) is 14.9. The van der Waals surface area contributed by atoms with Gasteiger partial charge in [-0.2, -0.15) is 10.2 Å². The Bertz CT molecular complexity index is 894. The van der Waals surface area contributed by atoms with E-state index >= 15 is 0 Å². The van der Waals surface area contributed by atoms with Gasteiger partial charge in [-0.1, -0.05) is 30.3 Å². The van der Waals surface area contributed by atoms with Gasteiger partial charge in [-0.15, -0.1) is 10.2 Å². The number of hydrogen-bond donors (Lipinski definition) is 1. The largest absolute Gasteiger partial charge is 0.493 e. The molecular weight excluding hydrogens is 348 g/mol. The maximum atomic E-state index is 10.6. The Labute approximate surface area is 155 Å². The van der Waals surface area contributed by atoms with E-state index in [2.05, 4.69) is 20.4 Å². The summed E-state index contributed by atoms with van der Waals surface area (Å²) in [4.78, 5) is 10.6. The smallest absolute Gasteiger partial charge is 0.341 e. The average Bonchev–Trinajstić information content (AvgIpc) is 3.16. The summed E-state index contributed by atoms with van der Waals surface area (Å²) in [7, 11) is 1.48. The molecule has 0 aliphatic carbocycles. The summed E-state index contributed by atoms with van der Waals surface area (Å²) >= 11 is 0. The molecule has 8 heteroatoms. The van der Waals surface area contributed by atoms with Gasteiger partial charge in [0.1, 0.15) is 6.04 Å². The van der Waals surface area contributed by atoms with E-state index in [0.29, 0.717) is 23.8 Å². The van der Waals surface area contributed by atoms with Crippen molar-refractivity contribution in [2.24, 2.45) is 20.4 Å². The third-order valence-corrected chi connectivity index (χ3v) is 3.79. The van der Waals surface area contributed by atoms with Gasteiger partial charge >= 0.3 is 5.97 Å². The van der Waals surface area contributed by atoms with E-state index in [1.54, 1.807) is 24.4 Å². The lowest BCUT2D eigenvalue weighted by molar-refractivity contribution is -0.139. The lowest BCUT2D eigenvalue weighted by Gasteiger charge is -2.09. The summed E-state index contributed by atoms with van der Waals surface area (Å²) in [5.41, 5.74) is 1.82. The quantitative estimate of drug-likeness (QED) is 0.598. The minimum Gasteiger partial charge on any atom is -0.493 e. The minimum absolute atomic E-state index is 0.0223. The summed E-state index contributed by atoms with van der Waals surface area (Å²) < 4.78 is 10.4. The Morgan fingerprint density at radius 3 is 2.81 bits per heavy atom. The van der Waals surface area contributed by atoms with Crippen LogP contribution >= 0.6 is 0 Å². The van der Waals surface area contributed by atoms with Crippen molar-refractivity contribution in [2.75, 3.05) is 13.7 Å². The van der Waals surface area contributed by atoms with E-state index in [0.717, 1.165) is 11.1 Å². The van der Waals surface area contributed by atoms with E-state index in [1.165, 1.54) is 7.11 Å². The molecule has 1 aliphatic heterocycles. The first-order valence-electron chi connectivity index (χ1n) is 8.24. The first-order valence-corrected chi connectivity index (χ1v) is 8.24. The third kappa shape index (κ3) is 4.97. The number of azo groups is 1. The van der Waals surface area contributed by atoms with Crippen LogP contribution in [-0.2, 0) is 4.79 Å². The van der Waals surface area contributed by atoms with Crippen LogP contribution in [0.3, 0.4) is 0 Å². The molecule has 0 saturated carbocycles. The van der Waals surface area contributed by atoms with Crippen molar-refractivity contribution in [3.05, 3.63) is 59.7 Å². The Morgan fingerprint density at radius 2 is 2.07 bits per heavy atom. The second-order valence-corrected chi connectivity index (χ2v) is 5.70. The van der Waals surface area contributed by atoms with Crippen LogP contribution in [0.15, 0.2) is 69.0 Å². The molecule has 3 rings (SSSR count). The van der Waals surface area contributed by atoms with Gasteiger partial charge in [0.25, 0.3) is 0 Å². The molecular formula is C19H18N4O4. The van der Waals surface area contributed by atoms with Gasteiger partial charge in [-0.25, -0.2) is 4.79 Å². The van der Waals surface area contributed by atoms with Gasteiger partial charge in [0.15, 0.2) is 23.9 Å². The van der Waals surface area contributed by atoms with Crippen molar-refractivity contribution < 1.29 is 19.4 Å². The number of amidine groups is 1. The molecule has 1 atom stereocenters. The molecule has 2 aromatic carbocycles. The number of rotatable bonds is 7. The zero-order valence-electron chi connectivity index (χ0n) is 14.6. The number of ether oxygens (including phenoxy) is 2. The number of carboxylic acids is 1. The standard InChI is InChI=1S/C19H18N4O4/c1-26-17-9-13(7-8-16(17)27-12-19(24)25)11-20-22-18-10-15(21-23-18)14-5-3-2-4-6-14/h2-9,11,15H,10,12H2,1H3,(H,24,25). The second kappa shape index (κ2) is 8.70. The number of carboxylic acid groups (broad SMARTS) is 1. The Hall–Kier alpha value is -3.55. The van der Waals surface area contributed by atoms with Crippen LogP contribution in [0, 0.1) is 0 Å². The maximum Gasteiger partial charge on any atom is 0.341 e. The first-order chi connectivity index (χ1) is 13.2. The zero-order valence-corrected chi connectivity index (χ0v) is 14.6. The van der Waals surface area contributed by atoms with Gasteiger partial charge in [0.2, 0.25) is 0 Å². The fourth-order valence-electron chi connectivity index (χ4n) is 2.50. The highest BCUT2D eigenvalue weighted by molar-refractivity contribution is 5.86. The molecule has 27 heavy (non-hydrogen) atoms. The van der Waals surface area contributed by atoms with Gasteiger partial charge in [-0.05, 0) is 29.3 Å². The van der Waals surface area contributed by atoms with Crippen molar-refractivity contribution in [3.8, 4) is 11.5 Å². The van der Waals surface area contributed by atoms with Crippen molar-refractivity contribution in [3.63, 3.8) is 0 Å². The highest BCUT2D eigenvalue weighted by Gasteiger charge is 2.19. The summed E-state index contributed by atoms with van der Waals surface area (Å²) in [6.45, 7) is -0.439. The molecule has 138 valence electrons. The van der Waals surface area contributed by atoms with E-state index in [1.807, 2.05) is 30.3 Å². The molecule has 0 amide bonds. The molecule has 0 saturated heterocycles. The third-order valence-electron chi connectivity index (χ3n) is 3.79. The lowest BCUT2D eigenvalue weighted by Crippen LogP contribution is -2.10. The monoisotopic (exact) mass is 366 g/mol. The van der Waals surface area contributed by atoms with Gasteiger partial charge in [0.05, 0.1) is 13.3 Å². The topological polar surface area (TPSA) is 105 Å². The van der Waals surface area contributed by atoms with E-state index < -0.39 is 12.6 Å². The molecule has 0 aromatic heterocycles. The molecule has 1 N–H and O–H groups in total. The van der Waals surface area contributed by atoms with Gasteiger partial charge in [-0.3, -0.25) is 0 Å². The summed E-state index contributed by atoms with van der Waals surface area (Å²) in [5.74, 6) is 0.266. The molecule has 0 radical (unpaired) electrons. The molecule has 8 nitrogen and oxygen atoms in total. The first kappa shape index (κ1) is 18.2. The van der Waals surface area contributed by atoms with Crippen LogP contribution in [0.2, 0.25) is 0 Å². The number of hydrogen-bond acceptors (Lipinski definition) is 6. The maximum absolute atomic E-state index is 10.6. The zero-order chi connectivity index (χ0) is 19.1. The predicted octanol–water partition coefficient (Wildman–Crippen LogP) is 3.49. The molecule has 1 aliphatic rings. The highest BCUT2D eigenvalue weighted by atomic mass is 16.5. The highest BCUT2D eigenvalue weighted by Crippen LogP contribution is 2.28. The van der Waals surface area contributed by atoms with E-state index in [-0.39, 0.29) is 6.04 Å². The van der Waals surface area contributed by atoms with Crippen LogP contribution in [-0.4, -0.2) is 36.8 Å². The van der Waals surface area contributed by atoms with Crippen LogP contribution in [0.5, 0.6) is 11.5 Å². The van der Waals surface area contributed by atoms with Gasteiger partial charge < -0.3 is 14.6 Å². The number of nitrogens with zero attached hydrogens (tertiary/aromatic N) is 4.